The molecular formula is C14H15NO3S. The minimum absolute atomic E-state index is 0.0563. The maximum atomic E-state index is 11.7. The number of imide groups is 1. The van der Waals surface area contributed by atoms with Crippen LogP contribution in [0.3, 0.4) is 0 Å². The number of nitrogens with zero attached hydrogens (tertiary/aromatic N) is 1. The van der Waals surface area contributed by atoms with Gasteiger partial charge in [0.25, 0.3) is 0 Å². The lowest BCUT2D eigenvalue weighted by molar-refractivity contribution is -0.148. The molecule has 1 aliphatic heterocycles. The van der Waals surface area contributed by atoms with Gasteiger partial charge in [0.1, 0.15) is 0 Å². The molecule has 1 fully saturated rings. The lowest BCUT2D eigenvalue weighted by Gasteiger charge is -2.24. The second-order valence-electron chi connectivity index (χ2n) is 4.30. The van der Waals surface area contributed by atoms with Gasteiger partial charge >= 0.3 is 0 Å². The molecule has 0 aromatic carbocycles. The van der Waals surface area contributed by atoms with Gasteiger partial charge in [0.15, 0.2) is 0 Å². The molecule has 19 heavy (non-hydrogen) atoms. The van der Waals surface area contributed by atoms with Crippen LogP contribution in [0.5, 0.6) is 0 Å². The Morgan fingerprint density at radius 3 is 2.74 bits per heavy atom. The summed E-state index contributed by atoms with van der Waals surface area (Å²) in [5, 5.41) is 10.5. The first kappa shape index (κ1) is 13.8. The number of aliphatic hydroxyl groups excluding tert-OH is 1. The lowest BCUT2D eigenvalue weighted by Crippen LogP contribution is -2.39. The minimum Gasteiger partial charge on any atom is -0.395 e. The fraction of sp³-hybridized carbons (Fsp3) is 0.429. The van der Waals surface area contributed by atoms with Gasteiger partial charge in [-0.1, -0.05) is 11.8 Å². The number of thiophene rings is 1. The van der Waals surface area contributed by atoms with E-state index in [0.29, 0.717) is 32.2 Å². The molecule has 1 aromatic heterocycles. The molecule has 0 saturated carbocycles. The normalized spacial score (nSPS) is 15.3. The third kappa shape index (κ3) is 3.66. The number of piperidine rings is 1. The molecule has 1 saturated heterocycles. The van der Waals surface area contributed by atoms with Crippen molar-refractivity contribution in [1.82, 2.24) is 4.90 Å². The zero-order valence-electron chi connectivity index (χ0n) is 10.5. The van der Waals surface area contributed by atoms with Crippen molar-refractivity contribution >= 4 is 23.2 Å². The molecule has 0 spiro atoms. The number of likely N-dealkylation sites (tertiary alicyclic amines) is 1. The van der Waals surface area contributed by atoms with E-state index in [1.165, 1.54) is 16.2 Å². The maximum Gasteiger partial charge on any atom is 0.229 e. The fourth-order valence-corrected chi connectivity index (χ4v) is 2.69. The Hall–Kier alpha value is -1.64. The first-order valence-electron chi connectivity index (χ1n) is 6.21. The molecule has 1 N–H and O–H groups in total. The monoisotopic (exact) mass is 277 g/mol. The number of aliphatic hydroxyl groups is 1. The molecule has 1 aliphatic rings. The van der Waals surface area contributed by atoms with Gasteiger partial charge in [-0.3, -0.25) is 14.5 Å². The number of hydrogen-bond donors (Lipinski definition) is 1. The SMILES string of the molecule is O=C1CCCC(=O)N1Cc1cc(C#CCCO)cs1. The van der Waals surface area contributed by atoms with Crippen molar-refractivity contribution in [2.75, 3.05) is 6.61 Å². The summed E-state index contributed by atoms with van der Waals surface area (Å²) in [6, 6.07) is 1.89. The average Bonchev–Trinajstić information content (AvgIpc) is 2.82. The van der Waals surface area contributed by atoms with E-state index in [0.717, 1.165) is 10.4 Å². The van der Waals surface area contributed by atoms with Crippen molar-refractivity contribution in [1.29, 1.82) is 0 Å². The highest BCUT2D eigenvalue weighted by Crippen LogP contribution is 2.20. The van der Waals surface area contributed by atoms with Gasteiger partial charge in [-0.05, 0) is 12.5 Å². The first-order chi connectivity index (χ1) is 9.20. The Morgan fingerprint density at radius 1 is 1.32 bits per heavy atom. The summed E-state index contributed by atoms with van der Waals surface area (Å²) < 4.78 is 0. The van der Waals surface area contributed by atoms with Crippen LogP contribution < -0.4 is 0 Å². The number of rotatable bonds is 3. The van der Waals surface area contributed by atoms with Gasteiger partial charge in [-0.2, -0.15) is 0 Å². The van der Waals surface area contributed by atoms with Crippen LogP contribution >= 0.6 is 11.3 Å². The van der Waals surface area contributed by atoms with Gasteiger partial charge in [0.05, 0.1) is 13.2 Å². The summed E-state index contributed by atoms with van der Waals surface area (Å²) in [6.45, 7) is 0.408. The molecule has 0 unspecified atom stereocenters. The summed E-state index contributed by atoms with van der Waals surface area (Å²) in [5.74, 6) is 5.61. The Balaban J connectivity index is 2.01. The molecule has 0 bridgehead atoms. The van der Waals surface area contributed by atoms with Crippen molar-refractivity contribution in [3.05, 3.63) is 21.9 Å². The minimum atomic E-state index is -0.0856. The molecule has 2 amide bonds. The van der Waals surface area contributed by atoms with E-state index in [2.05, 4.69) is 11.8 Å². The van der Waals surface area contributed by atoms with Crippen molar-refractivity contribution in [3.63, 3.8) is 0 Å². The highest BCUT2D eigenvalue weighted by molar-refractivity contribution is 7.10. The smallest absolute Gasteiger partial charge is 0.229 e. The van der Waals surface area contributed by atoms with Gasteiger partial charge in [0, 0.05) is 35.1 Å². The van der Waals surface area contributed by atoms with Crippen molar-refractivity contribution in [3.8, 4) is 11.8 Å². The third-order valence-electron chi connectivity index (χ3n) is 2.82. The zero-order chi connectivity index (χ0) is 13.7. The van der Waals surface area contributed by atoms with E-state index in [1.54, 1.807) is 0 Å². The molecule has 0 radical (unpaired) electrons. The largest absolute Gasteiger partial charge is 0.395 e. The van der Waals surface area contributed by atoms with Crippen LogP contribution in [-0.4, -0.2) is 28.4 Å². The second-order valence-corrected chi connectivity index (χ2v) is 5.30. The van der Waals surface area contributed by atoms with Crippen LogP contribution in [0.2, 0.25) is 0 Å². The van der Waals surface area contributed by atoms with Crippen LogP contribution in [0.25, 0.3) is 0 Å². The lowest BCUT2D eigenvalue weighted by atomic mass is 10.1. The Morgan fingerprint density at radius 2 is 2.05 bits per heavy atom. The van der Waals surface area contributed by atoms with E-state index < -0.39 is 0 Å². The molecule has 2 rings (SSSR count). The van der Waals surface area contributed by atoms with Gasteiger partial charge in [0.2, 0.25) is 11.8 Å². The van der Waals surface area contributed by atoms with Gasteiger partial charge in [-0.15, -0.1) is 11.3 Å². The molecule has 5 heteroatoms. The highest BCUT2D eigenvalue weighted by Gasteiger charge is 2.26. The molecule has 0 aliphatic carbocycles. The predicted octanol–water partition coefficient (Wildman–Crippen LogP) is 1.52. The standard InChI is InChI=1S/C14H15NO3S/c16-7-2-1-4-11-8-12(19-10-11)9-15-13(17)5-3-6-14(15)18/h8,10,16H,2-3,5-7,9H2. The number of hydrogen-bond acceptors (Lipinski definition) is 4. The summed E-state index contributed by atoms with van der Waals surface area (Å²) in [5.41, 5.74) is 0.866. The Bertz CT molecular complexity index is 522. The maximum absolute atomic E-state index is 11.7. The van der Waals surface area contributed by atoms with E-state index >= 15 is 0 Å². The number of carbonyl (C=O) groups is 2. The third-order valence-corrected chi connectivity index (χ3v) is 3.74. The molecule has 4 nitrogen and oxygen atoms in total. The quantitative estimate of drug-likeness (QED) is 0.673. The molecule has 0 atom stereocenters. The molecule has 2 heterocycles. The summed E-state index contributed by atoms with van der Waals surface area (Å²) in [7, 11) is 0. The van der Waals surface area contributed by atoms with Crippen molar-refractivity contribution in [2.45, 2.75) is 32.2 Å². The van der Waals surface area contributed by atoms with Crippen LogP contribution in [0.4, 0.5) is 0 Å². The topological polar surface area (TPSA) is 57.6 Å². The Kier molecular flexibility index (Phi) is 4.72. The predicted molar refractivity (Wildman–Crippen MR) is 72.3 cm³/mol. The van der Waals surface area contributed by atoms with Crippen molar-refractivity contribution < 1.29 is 14.7 Å². The van der Waals surface area contributed by atoms with Crippen LogP contribution in [0.1, 0.15) is 36.1 Å². The zero-order valence-corrected chi connectivity index (χ0v) is 11.3. The van der Waals surface area contributed by atoms with E-state index in [9.17, 15) is 9.59 Å². The Labute approximate surface area is 116 Å². The summed E-state index contributed by atoms with van der Waals surface area (Å²) in [6.07, 6.45) is 2.03. The van der Waals surface area contributed by atoms with Crippen LogP contribution in [-0.2, 0) is 16.1 Å². The van der Waals surface area contributed by atoms with Crippen molar-refractivity contribution in [2.24, 2.45) is 0 Å². The molecule has 1 aromatic rings. The van der Waals surface area contributed by atoms with E-state index in [-0.39, 0.29) is 18.4 Å². The molecule has 100 valence electrons. The van der Waals surface area contributed by atoms with Crippen LogP contribution in [0.15, 0.2) is 11.4 Å². The van der Waals surface area contributed by atoms with E-state index in [1.807, 2.05) is 11.4 Å². The first-order valence-corrected chi connectivity index (χ1v) is 7.09. The van der Waals surface area contributed by atoms with Crippen LogP contribution in [0, 0.1) is 11.8 Å². The molecular weight excluding hydrogens is 262 g/mol. The summed E-state index contributed by atoms with van der Waals surface area (Å²) in [4.78, 5) is 25.7. The average molecular weight is 277 g/mol. The number of amides is 2. The highest BCUT2D eigenvalue weighted by atomic mass is 32.1. The van der Waals surface area contributed by atoms with Gasteiger partial charge in [-0.25, -0.2) is 0 Å². The van der Waals surface area contributed by atoms with Gasteiger partial charge < -0.3 is 5.11 Å². The van der Waals surface area contributed by atoms with E-state index in [4.69, 9.17) is 5.11 Å². The fourth-order valence-electron chi connectivity index (χ4n) is 1.88. The number of carbonyl (C=O) groups excluding carboxylic acids is 2. The second kappa shape index (κ2) is 6.50. The summed E-state index contributed by atoms with van der Waals surface area (Å²) >= 11 is 1.49.